The summed E-state index contributed by atoms with van der Waals surface area (Å²) in [5, 5.41) is 0. The zero-order valence-electron chi connectivity index (χ0n) is 10.1. The van der Waals surface area contributed by atoms with Crippen LogP contribution in [0.25, 0.3) is 0 Å². The standard InChI is InChI=1S/C13H14FN3O/c1-2-4-9-7-12(17-8-16-9)18-13-10(14)5-3-6-11(13)15/h3,5-8H,2,4,15H2,1H3. The van der Waals surface area contributed by atoms with Crippen LogP contribution in [0.5, 0.6) is 11.6 Å². The van der Waals surface area contributed by atoms with Gasteiger partial charge in [-0.3, -0.25) is 0 Å². The first-order valence-corrected chi connectivity index (χ1v) is 5.73. The summed E-state index contributed by atoms with van der Waals surface area (Å²) in [7, 11) is 0. The zero-order valence-corrected chi connectivity index (χ0v) is 10.1. The van der Waals surface area contributed by atoms with Crippen LogP contribution in [0.3, 0.4) is 0 Å². The van der Waals surface area contributed by atoms with E-state index < -0.39 is 5.82 Å². The third-order valence-corrected chi connectivity index (χ3v) is 2.41. The molecule has 2 N–H and O–H groups in total. The summed E-state index contributed by atoms with van der Waals surface area (Å²) < 4.78 is 18.9. The molecule has 94 valence electrons. The van der Waals surface area contributed by atoms with Crippen LogP contribution in [0.4, 0.5) is 10.1 Å². The number of aromatic nitrogens is 2. The van der Waals surface area contributed by atoms with Gasteiger partial charge in [0.15, 0.2) is 11.6 Å². The summed E-state index contributed by atoms with van der Waals surface area (Å²) in [5.41, 5.74) is 6.76. The highest BCUT2D eigenvalue weighted by Gasteiger charge is 2.09. The Morgan fingerprint density at radius 2 is 2.17 bits per heavy atom. The first-order chi connectivity index (χ1) is 8.70. The minimum atomic E-state index is -0.509. The number of hydrogen-bond acceptors (Lipinski definition) is 4. The molecule has 5 heteroatoms. The molecular weight excluding hydrogens is 233 g/mol. The zero-order chi connectivity index (χ0) is 13.0. The smallest absolute Gasteiger partial charge is 0.222 e. The predicted octanol–water partition coefficient (Wildman–Crippen LogP) is 2.94. The molecule has 1 aromatic heterocycles. The number of halogens is 1. The van der Waals surface area contributed by atoms with Gasteiger partial charge in [0, 0.05) is 11.8 Å². The van der Waals surface area contributed by atoms with E-state index >= 15 is 0 Å². The highest BCUT2D eigenvalue weighted by Crippen LogP contribution is 2.29. The molecular formula is C13H14FN3O. The first-order valence-electron chi connectivity index (χ1n) is 5.73. The average molecular weight is 247 g/mol. The van der Waals surface area contributed by atoms with Gasteiger partial charge in [-0.1, -0.05) is 19.4 Å². The summed E-state index contributed by atoms with van der Waals surface area (Å²) in [6.45, 7) is 2.05. The normalized spacial score (nSPS) is 10.3. The maximum atomic E-state index is 13.5. The molecule has 0 atom stereocenters. The lowest BCUT2D eigenvalue weighted by molar-refractivity contribution is 0.428. The van der Waals surface area contributed by atoms with Crippen molar-refractivity contribution in [3.8, 4) is 11.6 Å². The van der Waals surface area contributed by atoms with Crippen LogP contribution in [-0.2, 0) is 6.42 Å². The van der Waals surface area contributed by atoms with Crippen molar-refractivity contribution in [2.75, 3.05) is 5.73 Å². The molecule has 1 heterocycles. The SMILES string of the molecule is CCCc1cc(Oc2c(N)cccc2F)ncn1. The number of nitrogen functional groups attached to an aromatic ring is 1. The van der Waals surface area contributed by atoms with Crippen LogP contribution in [0.1, 0.15) is 19.0 Å². The third-order valence-electron chi connectivity index (χ3n) is 2.41. The summed E-state index contributed by atoms with van der Waals surface area (Å²) in [4.78, 5) is 8.04. The maximum Gasteiger partial charge on any atom is 0.222 e. The number of aryl methyl sites for hydroxylation is 1. The number of para-hydroxylation sites is 1. The van der Waals surface area contributed by atoms with Gasteiger partial charge in [-0.2, -0.15) is 0 Å². The van der Waals surface area contributed by atoms with E-state index in [1.165, 1.54) is 18.5 Å². The van der Waals surface area contributed by atoms with Gasteiger partial charge in [0.2, 0.25) is 5.88 Å². The fourth-order valence-electron chi connectivity index (χ4n) is 1.56. The number of benzene rings is 1. The van der Waals surface area contributed by atoms with Crippen LogP contribution >= 0.6 is 0 Å². The Hall–Kier alpha value is -2.17. The van der Waals surface area contributed by atoms with Crippen molar-refractivity contribution < 1.29 is 9.13 Å². The molecule has 0 fully saturated rings. The van der Waals surface area contributed by atoms with E-state index in [1.54, 1.807) is 12.1 Å². The van der Waals surface area contributed by atoms with Gasteiger partial charge in [0.1, 0.15) is 6.33 Å². The Morgan fingerprint density at radius 1 is 1.33 bits per heavy atom. The molecule has 0 spiro atoms. The predicted molar refractivity (Wildman–Crippen MR) is 66.9 cm³/mol. The summed E-state index contributed by atoms with van der Waals surface area (Å²) in [6, 6.07) is 6.09. The van der Waals surface area contributed by atoms with Gasteiger partial charge in [0.05, 0.1) is 5.69 Å². The van der Waals surface area contributed by atoms with Crippen molar-refractivity contribution in [3.05, 3.63) is 42.1 Å². The molecule has 4 nitrogen and oxygen atoms in total. The number of hydrogen-bond donors (Lipinski definition) is 1. The van der Waals surface area contributed by atoms with Gasteiger partial charge >= 0.3 is 0 Å². The number of nitrogens with zero attached hydrogens (tertiary/aromatic N) is 2. The second-order valence-corrected chi connectivity index (χ2v) is 3.86. The number of ether oxygens (including phenoxy) is 1. The van der Waals surface area contributed by atoms with Gasteiger partial charge in [0.25, 0.3) is 0 Å². The average Bonchev–Trinajstić information content (AvgIpc) is 2.35. The Balaban J connectivity index is 2.26. The second kappa shape index (κ2) is 5.44. The number of anilines is 1. The fraction of sp³-hybridized carbons (Fsp3) is 0.231. The van der Waals surface area contributed by atoms with E-state index in [0.717, 1.165) is 18.5 Å². The fourth-order valence-corrected chi connectivity index (χ4v) is 1.56. The molecule has 0 amide bonds. The second-order valence-electron chi connectivity index (χ2n) is 3.86. The van der Waals surface area contributed by atoms with Crippen molar-refractivity contribution in [3.63, 3.8) is 0 Å². The Kier molecular flexibility index (Phi) is 3.72. The molecule has 0 bridgehead atoms. The van der Waals surface area contributed by atoms with Crippen LogP contribution in [-0.4, -0.2) is 9.97 Å². The lowest BCUT2D eigenvalue weighted by Gasteiger charge is -2.08. The summed E-state index contributed by atoms with van der Waals surface area (Å²) >= 11 is 0. The van der Waals surface area contributed by atoms with E-state index in [-0.39, 0.29) is 11.4 Å². The van der Waals surface area contributed by atoms with Gasteiger partial charge in [-0.15, -0.1) is 0 Å². The van der Waals surface area contributed by atoms with Crippen molar-refractivity contribution in [2.45, 2.75) is 19.8 Å². The molecule has 0 aliphatic rings. The highest BCUT2D eigenvalue weighted by atomic mass is 19.1. The molecule has 2 aromatic rings. The Bertz CT molecular complexity index is 525. The van der Waals surface area contributed by atoms with Crippen LogP contribution in [0.2, 0.25) is 0 Å². The lowest BCUT2D eigenvalue weighted by Crippen LogP contribution is -1.98. The largest absolute Gasteiger partial charge is 0.434 e. The summed E-state index contributed by atoms with van der Waals surface area (Å²) in [5.74, 6) is -0.213. The van der Waals surface area contributed by atoms with Crippen LogP contribution in [0, 0.1) is 5.82 Å². The molecule has 1 aromatic carbocycles. The Labute approximate surface area is 105 Å². The van der Waals surface area contributed by atoms with Gasteiger partial charge < -0.3 is 10.5 Å². The lowest BCUT2D eigenvalue weighted by atomic mass is 10.2. The van der Waals surface area contributed by atoms with E-state index in [9.17, 15) is 4.39 Å². The van der Waals surface area contributed by atoms with Crippen molar-refractivity contribution in [2.24, 2.45) is 0 Å². The molecule has 0 unspecified atom stereocenters. The maximum absolute atomic E-state index is 13.5. The minimum absolute atomic E-state index is 0.00125. The first kappa shape index (κ1) is 12.3. The van der Waals surface area contributed by atoms with E-state index in [0.29, 0.717) is 5.88 Å². The molecule has 0 saturated heterocycles. The number of nitrogens with two attached hydrogens (primary N) is 1. The van der Waals surface area contributed by atoms with Gasteiger partial charge in [-0.25, -0.2) is 14.4 Å². The third kappa shape index (κ3) is 2.74. The minimum Gasteiger partial charge on any atom is -0.434 e. The molecule has 0 aliphatic carbocycles. The van der Waals surface area contributed by atoms with Crippen molar-refractivity contribution >= 4 is 5.69 Å². The quantitative estimate of drug-likeness (QED) is 0.844. The molecule has 2 rings (SSSR count). The molecule has 0 radical (unpaired) electrons. The topological polar surface area (TPSA) is 61.0 Å². The molecule has 0 saturated carbocycles. The van der Waals surface area contributed by atoms with Crippen molar-refractivity contribution in [1.29, 1.82) is 0 Å². The summed E-state index contributed by atoms with van der Waals surface area (Å²) in [6.07, 6.45) is 3.20. The van der Waals surface area contributed by atoms with E-state index in [4.69, 9.17) is 10.5 Å². The van der Waals surface area contributed by atoms with E-state index in [1.807, 2.05) is 0 Å². The highest BCUT2D eigenvalue weighted by molar-refractivity contribution is 5.54. The number of rotatable bonds is 4. The van der Waals surface area contributed by atoms with Crippen LogP contribution in [0.15, 0.2) is 30.6 Å². The van der Waals surface area contributed by atoms with Crippen molar-refractivity contribution in [1.82, 2.24) is 9.97 Å². The van der Waals surface area contributed by atoms with Crippen LogP contribution < -0.4 is 10.5 Å². The monoisotopic (exact) mass is 247 g/mol. The molecule has 0 aliphatic heterocycles. The van der Waals surface area contributed by atoms with E-state index in [2.05, 4.69) is 16.9 Å². The van der Waals surface area contributed by atoms with Gasteiger partial charge in [-0.05, 0) is 18.6 Å². The molecule has 18 heavy (non-hydrogen) atoms. The Morgan fingerprint density at radius 3 is 2.89 bits per heavy atom.